The number of benzene rings is 1. The van der Waals surface area contributed by atoms with Gasteiger partial charge < -0.3 is 10.2 Å². The summed E-state index contributed by atoms with van der Waals surface area (Å²) in [4.78, 5) is 18.9. The molecule has 2 heterocycles. The predicted octanol–water partition coefficient (Wildman–Crippen LogP) is 3.91. The number of carbonyl (C=O) groups is 1. The van der Waals surface area contributed by atoms with Gasteiger partial charge in [0.05, 0.1) is 11.4 Å². The topological polar surface area (TPSA) is 45.2 Å². The van der Waals surface area contributed by atoms with Crippen molar-refractivity contribution in [3.63, 3.8) is 0 Å². The van der Waals surface area contributed by atoms with Crippen LogP contribution in [0.5, 0.6) is 0 Å². The van der Waals surface area contributed by atoms with Crippen molar-refractivity contribution in [2.45, 2.75) is 40.7 Å². The third-order valence-corrected chi connectivity index (χ3v) is 4.46. The van der Waals surface area contributed by atoms with Gasteiger partial charge in [-0.25, -0.2) is 4.79 Å². The highest BCUT2D eigenvalue weighted by atomic mass is 16.2. The summed E-state index contributed by atoms with van der Waals surface area (Å²) >= 11 is 0. The second kappa shape index (κ2) is 6.03. The minimum atomic E-state index is -0.0515. The van der Waals surface area contributed by atoms with Gasteiger partial charge in [-0.3, -0.25) is 4.98 Å². The van der Waals surface area contributed by atoms with E-state index in [1.165, 1.54) is 22.3 Å². The molecule has 23 heavy (non-hydrogen) atoms. The Morgan fingerprint density at radius 3 is 2.70 bits per heavy atom. The summed E-state index contributed by atoms with van der Waals surface area (Å²) in [5, 5.41) is 2.99. The number of anilines is 1. The standard InChI is InChI=1S/C19H23N3O/c1-12-9-13(2)17-11-22(8-7-16(17)10-12)19(23)21-18-6-5-14(3)20-15(18)4/h5-6,9-10H,7-8,11H2,1-4H3,(H,21,23). The molecule has 120 valence electrons. The molecule has 4 heteroatoms. The monoisotopic (exact) mass is 309 g/mol. The van der Waals surface area contributed by atoms with Gasteiger partial charge in [0, 0.05) is 18.8 Å². The molecule has 2 amide bonds. The summed E-state index contributed by atoms with van der Waals surface area (Å²) in [6.45, 7) is 9.54. The lowest BCUT2D eigenvalue weighted by atomic mass is 9.93. The predicted molar refractivity (Wildman–Crippen MR) is 92.8 cm³/mol. The number of urea groups is 1. The van der Waals surface area contributed by atoms with Gasteiger partial charge in [0.1, 0.15) is 0 Å². The van der Waals surface area contributed by atoms with Crippen LogP contribution in [-0.2, 0) is 13.0 Å². The Morgan fingerprint density at radius 2 is 1.96 bits per heavy atom. The third-order valence-electron chi connectivity index (χ3n) is 4.46. The molecule has 0 radical (unpaired) electrons. The van der Waals surface area contributed by atoms with Crippen molar-refractivity contribution < 1.29 is 4.79 Å². The summed E-state index contributed by atoms with van der Waals surface area (Å²) in [5.74, 6) is 0. The maximum absolute atomic E-state index is 12.6. The van der Waals surface area contributed by atoms with Gasteiger partial charge >= 0.3 is 6.03 Å². The van der Waals surface area contributed by atoms with Crippen LogP contribution in [0.25, 0.3) is 0 Å². The number of nitrogens with zero attached hydrogens (tertiary/aromatic N) is 2. The number of hydrogen-bond acceptors (Lipinski definition) is 2. The molecule has 1 N–H and O–H groups in total. The summed E-state index contributed by atoms with van der Waals surface area (Å²) in [6, 6.07) is 8.22. The molecular weight excluding hydrogens is 286 g/mol. The Labute approximate surface area is 137 Å². The van der Waals surface area contributed by atoms with Crippen LogP contribution in [0.1, 0.15) is 33.6 Å². The average molecular weight is 309 g/mol. The van der Waals surface area contributed by atoms with Crippen molar-refractivity contribution in [3.8, 4) is 0 Å². The highest BCUT2D eigenvalue weighted by molar-refractivity contribution is 5.90. The van der Waals surface area contributed by atoms with Crippen molar-refractivity contribution in [1.82, 2.24) is 9.88 Å². The first kappa shape index (κ1) is 15.5. The number of nitrogens with one attached hydrogen (secondary N) is 1. The molecule has 0 saturated carbocycles. The zero-order chi connectivity index (χ0) is 16.6. The van der Waals surface area contributed by atoms with Gasteiger partial charge in [-0.05, 0) is 62.9 Å². The van der Waals surface area contributed by atoms with Crippen LogP contribution in [0.3, 0.4) is 0 Å². The van der Waals surface area contributed by atoms with E-state index in [-0.39, 0.29) is 6.03 Å². The molecule has 0 atom stereocenters. The molecule has 0 unspecified atom stereocenters. The van der Waals surface area contributed by atoms with Crippen LogP contribution in [0.15, 0.2) is 24.3 Å². The number of carbonyl (C=O) groups excluding carboxylic acids is 1. The highest BCUT2D eigenvalue weighted by Crippen LogP contribution is 2.24. The van der Waals surface area contributed by atoms with Crippen molar-refractivity contribution in [2.75, 3.05) is 11.9 Å². The van der Waals surface area contributed by atoms with E-state index >= 15 is 0 Å². The van der Waals surface area contributed by atoms with E-state index in [2.05, 4.69) is 36.3 Å². The third kappa shape index (κ3) is 3.21. The van der Waals surface area contributed by atoms with Gasteiger partial charge in [-0.2, -0.15) is 0 Å². The van der Waals surface area contributed by atoms with Crippen molar-refractivity contribution in [2.24, 2.45) is 0 Å². The van der Waals surface area contributed by atoms with Crippen LogP contribution in [0, 0.1) is 27.7 Å². The fourth-order valence-electron chi connectivity index (χ4n) is 3.25. The Hall–Kier alpha value is -2.36. The molecule has 0 bridgehead atoms. The molecule has 1 aliphatic heterocycles. The molecule has 1 aromatic carbocycles. The minimum absolute atomic E-state index is 0.0515. The molecule has 0 aliphatic carbocycles. The van der Waals surface area contributed by atoms with E-state index in [0.717, 1.165) is 30.0 Å². The van der Waals surface area contributed by atoms with Crippen LogP contribution in [0.2, 0.25) is 0 Å². The average Bonchev–Trinajstić information content (AvgIpc) is 2.49. The van der Waals surface area contributed by atoms with E-state index in [1.807, 2.05) is 30.9 Å². The van der Waals surface area contributed by atoms with Crippen LogP contribution >= 0.6 is 0 Å². The zero-order valence-corrected chi connectivity index (χ0v) is 14.2. The van der Waals surface area contributed by atoms with Gasteiger partial charge in [-0.15, -0.1) is 0 Å². The lowest BCUT2D eigenvalue weighted by molar-refractivity contribution is 0.206. The van der Waals surface area contributed by atoms with Crippen LogP contribution < -0.4 is 5.32 Å². The summed E-state index contributed by atoms with van der Waals surface area (Å²) in [7, 11) is 0. The number of rotatable bonds is 1. The Balaban J connectivity index is 1.76. The van der Waals surface area contributed by atoms with Crippen LogP contribution in [-0.4, -0.2) is 22.5 Å². The molecule has 1 aliphatic rings. The van der Waals surface area contributed by atoms with E-state index in [1.54, 1.807) is 0 Å². The summed E-state index contributed by atoms with van der Waals surface area (Å²) in [6.07, 6.45) is 0.913. The van der Waals surface area contributed by atoms with E-state index in [9.17, 15) is 4.79 Å². The largest absolute Gasteiger partial charge is 0.322 e. The second-order valence-corrected chi connectivity index (χ2v) is 6.41. The number of amides is 2. The van der Waals surface area contributed by atoms with Gasteiger partial charge in [0.25, 0.3) is 0 Å². The number of aryl methyl sites for hydroxylation is 4. The van der Waals surface area contributed by atoms with Crippen LogP contribution in [0.4, 0.5) is 10.5 Å². The van der Waals surface area contributed by atoms with E-state index < -0.39 is 0 Å². The number of pyridine rings is 1. The SMILES string of the molecule is Cc1cc(C)c2c(c1)CCN(C(=O)Nc1ccc(C)nc1C)C2. The molecule has 3 rings (SSSR count). The number of aromatic nitrogens is 1. The van der Waals surface area contributed by atoms with Gasteiger partial charge in [-0.1, -0.05) is 17.7 Å². The molecule has 0 saturated heterocycles. The van der Waals surface area contributed by atoms with Crippen molar-refractivity contribution in [1.29, 1.82) is 0 Å². The summed E-state index contributed by atoms with van der Waals surface area (Å²) < 4.78 is 0. The summed E-state index contributed by atoms with van der Waals surface area (Å²) in [5.41, 5.74) is 7.81. The van der Waals surface area contributed by atoms with Gasteiger partial charge in [0.2, 0.25) is 0 Å². The molecule has 0 fully saturated rings. The smallest absolute Gasteiger partial charge is 0.320 e. The molecule has 0 spiro atoms. The maximum Gasteiger partial charge on any atom is 0.322 e. The zero-order valence-electron chi connectivity index (χ0n) is 14.2. The lowest BCUT2D eigenvalue weighted by Gasteiger charge is -2.30. The molecular formula is C19H23N3O. The Morgan fingerprint density at radius 1 is 1.17 bits per heavy atom. The first-order chi connectivity index (χ1) is 10.9. The fraction of sp³-hybridized carbons (Fsp3) is 0.368. The Bertz CT molecular complexity index is 767. The quantitative estimate of drug-likeness (QED) is 0.868. The number of fused-ring (bicyclic) bond motifs is 1. The lowest BCUT2D eigenvalue weighted by Crippen LogP contribution is -2.39. The number of hydrogen-bond donors (Lipinski definition) is 1. The highest BCUT2D eigenvalue weighted by Gasteiger charge is 2.22. The van der Waals surface area contributed by atoms with E-state index in [4.69, 9.17) is 0 Å². The van der Waals surface area contributed by atoms with Gasteiger partial charge in [0.15, 0.2) is 0 Å². The first-order valence-corrected chi connectivity index (χ1v) is 8.03. The van der Waals surface area contributed by atoms with E-state index in [0.29, 0.717) is 6.54 Å². The maximum atomic E-state index is 12.6. The molecule has 2 aromatic rings. The Kier molecular flexibility index (Phi) is 4.07. The normalized spacial score (nSPS) is 13.7. The van der Waals surface area contributed by atoms with Crippen molar-refractivity contribution in [3.05, 3.63) is 57.9 Å². The van der Waals surface area contributed by atoms with Crippen molar-refractivity contribution >= 4 is 11.7 Å². The fourth-order valence-corrected chi connectivity index (χ4v) is 3.25. The first-order valence-electron chi connectivity index (χ1n) is 8.03. The molecule has 4 nitrogen and oxygen atoms in total. The second-order valence-electron chi connectivity index (χ2n) is 6.41. The molecule has 1 aromatic heterocycles. The minimum Gasteiger partial charge on any atom is -0.320 e.